The minimum absolute atomic E-state index is 0.591. The van der Waals surface area contributed by atoms with Crippen molar-refractivity contribution >= 4 is 11.6 Å². The minimum Gasteiger partial charge on any atom is -0.311 e. The lowest BCUT2D eigenvalue weighted by Gasteiger charge is -2.41. The SMILES string of the molecule is CC1CN(C/C=C/Cl)C(C(C)C)CN1. The molecule has 0 aromatic carbocycles. The van der Waals surface area contributed by atoms with Crippen LogP contribution in [0.1, 0.15) is 20.8 Å². The molecule has 3 heteroatoms. The number of nitrogens with one attached hydrogen (secondary N) is 1. The summed E-state index contributed by atoms with van der Waals surface area (Å²) < 4.78 is 0. The zero-order valence-electron chi connectivity index (χ0n) is 9.33. The molecule has 1 heterocycles. The molecule has 1 fully saturated rings. The maximum absolute atomic E-state index is 5.56. The van der Waals surface area contributed by atoms with Crippen molar-refractivity contribution in [3.63, 3.8) is 0 Å². The molecule has 2 unspecified atom stereocenters. The fourth-order valence-electron chi connectivity index (χ4n) is 2.05. The van der Waals surface area contributed by atoms with Crippen LogP contribution in [0, 0.1) is 5.92 Å². The van der Waals surface area contributed by atoms with E-state index >= 15 is 0 Å². The molecular formula is C11H21ClN2. The van der Waals surface area contributed by atoms with Crippen LogP contribution in [0.4, 0.5) is 0 Å². The summed E-state index contributed by atoms with van der Waals surface area (Å²) >= 11 is 5.56. The fourth-order valence-corrected chi connectivity index (χ4v) is 2.12. The largest absolute Gasteiger partial charge is 0.311 e. The van der Waals surface area contributed by atoms with Gasteiger partial charge in [0, 0.05) is 37.3 Å². The summed E-state index contributed by atoms with van der Waals surface area (Å²) in [5.41, 5.74) is 1.62. The van der Waals surface area contributed by atoms with E-state index in [1.807, 2.05) is 6.08 Å². The summed E-state index contributed by atoms with van der Waals surface area (Å²) in [6.45, 7) is 9.96. The van der Waals surface area contributed by atoms with Crippen LogP contribution in [0.5, 0.6) is 0 Å². The Labute approximate surface area is 92.3 Å². The smallest absolute Gasteiger partial charge is 0.0247 e. The van der Waals surface area contributed by atoms with Gasteiger partial charge in [0.2, 0.25) is 0 Å². The minimum atomic E-state index is 0.591. The van der Waals surface area contributed by atoms with Gasteiger partial charge < -0.3 is 5.32 Å². The summed E-state index contributed by atoms with van der Waals surface area (Å²) in [6.07, 6.45) is 2.02. The number of nitrogens with zero attached hydrogens (tertiary/aromatic N) is 1. The second-order valence-corrected chi connectivity index (χ2v) is 4.69. The van der Waals surface area contributed by atoms with Crippen LogP contribution in [-0.2, 0) is 0 Å². The van der Waals surface area contributed by atoms with E-state index in [2.05, 4.69) is 31.0 Å². The van der Waals surface area contributed by atoms with Gasteiger partial charge in [0.1, 0.15) is 0 Å². The normalized spacial score (nSPS) is 30.4. The van der Waals surface area contributed by atoms with E-state index in [4.69, 9.17) is 11.6 Å². The lowest BCUT2D eigenvalue weighted by molar-refractivity contribution is 0.116. The summed E-state index contributed by atoms with van der Waals surface area (Å²) in [6, 6.07) is 1.23. The van der Waals surface area contributed by atoms with Crippen molar-refractivity contribution in [2.24, 2.45) is 5.92 Å². The summed E-state index contributed by atoms with van der Waals surface area (Å²) in [4.78, 5) is 2.50. The Hall–Kier alpha value is -0.0500. The van der Waals surface area contributed by atoms with Crippen LogP contribution in [0.25, 0.3) is 0 Å². The van der Waals surface area contributed by atoms with Crippen molar-refractivity contribution in [3.8, 4) is 0 Å². The van der Waals surface area contributed by atoms with E-state index in [1.165, 1.54) is 0 Å². The fraction of sp³-hybridized carbons (Fsp3) is 0.818. The van der Waals surface area contributed by atoms with E-state index in [0.29, 0.717) is 18.0 Å². The third-order valence-corrected chi connectivity index (χ3v) is 3.03. The second-order valence-electron chi connectivity index (χ2n) is 4.44. The van der Waals surface area contributed by atoms with E-state index in [-0.39, 0.29) is 0 Å². The lowest BCUT2D eigenvalue weighted by Crippen LogP contribution is -2.57. The molecule has 1 N–H and O–H groups in total. The van der Waals surface area contributed by atoms with Gasteiger partial charge in [-0.3, -0.25) is 4.90 Å². The molecule has 0 amide bonds. The van der Waals surface area contributed by atoms with Gasteiger partial charge >= 0.3 is 0 Å². The lowest BCUT2D eigenvalue weighted by atomic mass is 9.99. The molecule has 0 spiro atoms. The predicted octanol–water partition coefficient (Wildman–Crippen LogP) is 2.06. The van der Waals surface area contributed by atoms with Crippen molar-refractivity contribution in [3.05, 3.63) is 11.6 Å². The maximum Gasteiger partial charge on any atom is 0.0247 e. The first-order valence-corrected chi connectivity index (χ1v) is 5.81. The average Bonchev–Trinajstić information content (AvgIpc) is 2.14. The highest BCUT2D eigenvalue weighted by molar-refractivity contribution is 6.25. The van der Waals surface area contributed by atoms with Crippen LogP contribution in [-0.4, -0.2) is 36.6 Å². The third kappa shape index (κ3) is 3.26. The molecule has 0 aromatic rings. The number of hydrogen-bond donors (Lipinski definition) is 1. The third-order valence-electron chi connectivity index (χ3n) is 2.85. The number of rotatable bonds is 3. The van der Waals surface area contributed by atoms with E-state index in [0.717, 1.165) is 19.6 Å². The average molecular weight is 217 g/mol. The molecule has 1 aliphatic heterocycles. The van der Waals surface area contributed by atoms with Crippen molar-refractivity contribution in [1.29, 1.82) is 0 Å². The van der Waals surface area contributed by atoms with Gasteiger partial charge in [-0.25, -0.2) is 0 Å². The van der Waals surface area contributed by atoms with E-state index < -0.39 is 0 Å². The zero-order valence-corrected chi connectivity index (χ0v) is 10.1. The van der Waals surface area contributed by atoms with Gasteiger partial charge in [-0.1, -0.05) is 31.5 Å². The summed E-state index contributed by atoms with van der Waals surface area (Å²) in [5.74, 6) is 0.693. The topological polar surface area (TPSA) is 15.3 Å². The predicted molar refractivity (Wildman–Crippen MR) is 62.7 cm³/mol. The first kappa shape index (κ1) is 12.0. The summed E-state index contributed by atoms with van der Waals surface area (Å²) in [7, 11) is 0. The van der Waals surface area contributed by atoms with Crippen LogP contribution in [0.15, 0.2) is 11.6 Å². The van der Waals surface area contributed by atoms with E-state index in [1.54, 1.807) is 5.54 Å². The Balaban J connectivity index is 2.54. The molecule has 2 atom stereocenters. The first-order valence-electron chi connectivity index (χ1n) is 5.37. The van der Waals surface area contributed by atoms with Gasteiger partial charge in [0.05, 0.1) is 0 Å². The van der Waals surface area contributed by atoms with Gasteiger partial charge in [0.25, 0.3) is 0 Å². The quantitative estimate of drug-likeness (QED) is 0.777. The van der Waals surface area contributed by atoms with Gasteiger partial charge in [-0.05, 0) is 12.8 Å². The highest BCUT2D eigenvalue weighted by Crippen LogP contribution is 2.14. The monoisotopic (exact) mass is 216 g/mol. The molecule has 1 rings (SSSR count). The number of hydrogen-bond acceptors (Lipinski definition) is 2. The maximum atomic E-state index is 5.56. The van der Waals surface area contributed by atoms with Gasteiger partial charge in [-0.15, -0.1) is 0 Å². The Morgan fingerprint density at radius 3 is 2.86 bits per heavy atom. The molecule has 1 aliphatic rings. The molecule has 0 bridgehead atoms. The molecule has 1 saturated heterocycles. The zero-order chi connectivity index (χ0) is 10.6. The highest BCUT2D eigenvalue weighted by atomic mass is 35.5. The molecule has 0 saturated carbocycles. The molecule has 82 valence electrons. The van der Waals surface area contributed by atoms with Crippen LogP contribution in [0.3, 0.4) is 0 Å². The van der Waals surface area contributed by atoms with E-state index in [9.17, 15) is 0 Å². The molecule has 0 aliphatic carbocycles. The van der Waals surface area contributed by atoms with Crippen molar-refractivity contribution in [2.45, 2.75) is 32.9 Å². The summed E-state index contributed by atoms with van der Waals surface area (Å²) in [5, 5.41) is 3.52. The Bertz CT molecular complexity index is 192. The molecule has 2 nitrogen and oxygen atoms in total. The van der Waals surface area contributed by atoms with Crippen molar-refractivity contribution in [1.82, 2.24) is 10.2 Å². The van der Waals surface area contributed by atoms with Gasteiger partial charge in [-0.2, -0.15) is 0 Å². The second kappa shape index (κ2) is 5.74. The first-order chi connectivity index (χ1) is 6.65. The van der Waals surface area contributed by atoms with Gasteiger partial charge in [0.15, 0.2) is 0 Å². The van der Waals surface area contributed by atoms with Crippen molar-refractivity contribution in [2.75, 3.05) is 19.6 Å². The standard InChI is InChI=1S/C11H21ClN2/c1-9(2)11-7-13-10(3)8-14(11)6-4-5-12/h4-5,9-11,13H,6-8H2,1-3H3/b5-4+. The Kier molecular flexibility index (Phi) is 4.93. The number of piperazine rings is 1. The molecule has 0 aromatic heterocycles. The molecular weight excluding hydrogens is 196 g/mol. The Morgan fingerprint density at radius 1 is 1.57 bits per heavy atom. The van der Waals surface area contributed by atoms with Crippen molar-refractivity contribution < 1.29 is 0 Å². The molecule has 0 radical (unpaired) electrons. The molecule has 14 heavy (non-hydrogen) atoms. The Morgan fingerprint density at radius 2 is 2.29 bits per heavy atom. The highest BCUT2D eigenvalue weighted by Gasteiger charge is 2.26. The van der Waals surface area contributed by atoms with Crippen LogP contribution >= 0.6 is 11.6 Å². The van der Waals surface area contributed by atoms with Crippen LogP contribution in [0.2, 0.25) is 0 Å². The van der Waals surface area contributed by atoms with Crippen LogP contribution < -0.4 is 5.32 Å². The number of halogens is 1.